The van der Waals surface area contributed by atoms with Crippen LogP contribution in [0.2, 0.25) is 0 Å². The van der Waals surface area contributed by atoms with Gasteiger partial charge in [0.15, 0.2) is 0 Å². The zero-order valence-corrected chi connectivity index (χ0v) is 11.2. The fraction of sp³-hybridized carbons (Fsp3) is 0.538. The van der Waals surface area contributed by atoms with Crippen molar-refractivity contribution in [3.63, 3.8) is 0 Å². The number of aliphatic hydroxyl groups excluding tert-OH is 1. The van der Waals surface area contributed by atoms with Gasteiger partial charge in [0.1, 0.15) is 5.75 Å². The van der Waals surface area contributed by atoms with Crippen molar-refractivity contribution in [2.45, 2.75) is 23.8 Å². The molecule has 3 N–H and O–H groups in total. The molecule has 0 aromatic heterocycles. The quantitative estimate of drug-likeness (QED) is 0.784. The second-order valence-electron chi connectivity index (χ2n) is 3.96. The molecule has 2 unspecified atom stereocenters. The van der Waals surface area contributed by atoms with Crippen LogP contribution < -0.4 is 10.5 Å². The molecule has 0 amide bonds. The molecule has 0 aliphatic rings. The summed E-state index contributed by atoms with van der Waals surface area (Å²) in [6.07, 6.45) is 0.797. The monoisotopic (exact) mass is 255 g/mol. The van der Waals surface area contributed by atoms with Gasteiger partial charge in [0.05, 0.1) is 7.11 Å². The Hall–Kier alpha value is -0.710. The molecule has 3 nitrogen and oxygen atoms in total. The number of hydrogen-bond acceptors (Lipinski definition) is 4. The van der Waals surface area contributed by atoms with E-state index >= 15 is 0 Å². The lowest BCUT2D eigenvalue weighted by atomic mass is 10.1. The Labute approximate surface area is 107 Å². The Morgan fingerprint density at radius 2 is 2.24 bits per heavy atom. The highest BCUT2D eigenvalue weighted by atomic mass is 32.2. The molecule has 0 fully saturated rings. The molecular weight excluding hydrogens is 234 g/mol. The summed E-state index contributed by atoms with van der Waals surface area (Å²) in [5.41, 5.74) is 7.00. The van der Waals surface area contributed by atoms with E-state index in [1.165, 1.54) is 5.56 Å². The summed E-state index contributed by atoms with van der Waals surface area (Å²) in [5.74, 6) is 0.858. The minimum Gasteiger partial charge on any atom is -0.497 e. The average molecular weight is 255 g/mol. The normalized spacial score (nSPS) is 14.4. The number of hydrogen-bond donors (Lipinski definition) is 2. The summed E-state index contributed by atoms with van der Waals surface area (Å²) in [4.78, 5) is 0. The van der Waals surface area contributed by atoms with Crippen molar-refractivity contribution in [3.05, 3.63) is 29.8 Å². The molecule has 0 saturated heterocycles. The number of thioether (sulfide) groups is 1. The Morgan fingerprint density at radius 1 is 1.47 bits per heavy atom. The largest absolute Gasteiger partial charge is 0.497 e. The van der Waals surface area contributed by atoms with Gasteiger partial charge in [-0.1, -0.05) is 19.1 Å². The van der Waals surface area contributed by atoms with Crippen molar-refractivity contribution in [2.75, 3.05) is 20.3 Å². The van der Waals surface area contributed by atoms with Crippen LogP contribution in [-0.4, -0.2) is 30.6 Å². The third kappa shape index (κ3) is 4.58. The first-order valence-electron chi connectivity index (χ1n) is 5.81. The smallest absolute Gasteiger partial charge is 0.119 e. The lowest BCUT2D eigenvalue weighted by Gasteiger charge is -2.19. The second kappa shape index (κ2) is 7.58. The molecule has 0 spiro atoms. The molecule has 4 heteroatoms. The van der Waals surface area contributed by atoms with Crippen molar-refractivity contribution < 1.29 is 9.84 Å². The standard InChI is InChI=1S/C13H21NO2S/c1-10(6-7-15)17-13(9-14)11-4-3-5-12(8-11)16-2/h3-5,8,10,13,15H,6-7,9,14H2,1-2H3. The van der Waals surface area contributed by atoms with E-state index < -0.39 is 0 Å². The molecule has 1 rings (SSSR count). The lowest BCUT2D eigenvalue weighted by Crippen LogP contribution is -2.13. The first-order chi connectivity index (χ1) is 8.21. The van der Waals surface area contributed by atoms with Crippen molar-refractivity contribution >= 4 is 11.8 Å². The summed E-state index contributed by atoms with van der Waals surface area (Å²) in [7, 11) is 1.66. The van der Waals surface area contributed by atoms with E-state index in [1.807, 2.05) is 18.2 Å². The van der Waals surface area contributed by atoms with Gasteiger partial charge in [0.25, 0.3) is 0 Å². The van der Waals surface area contributed by atoms with Crippen molar-refractivity contribution in [2.24, 2.45) is 5.73 Å². The fourth-order valence-electron chi connectivity index (χ4n) is 1.64. The zero-order valence-electron chi connectivity index (χ0n) is 10.4. The third-order valence-electron chi connectivity index (χ3n) is 2.61. The number of benzene rings is 1. The van der Waals surface area contributed by atoms with Crippen LogP contribution in [-0.2, 0) is 0 Å². The van der Waals surface area contributed by atoms with Crippen LogP contribution >= 0.6 is 11.8 Å². The van der Waals surface area contributed by atoms with Gasteiger partial charge in [0, 0.05) is 23.7 Å². The highest BCUT2D eigenvalue weighted by Crippen LogP contribution is 2.33. The number of rotatable bonds is 7. The van der Waals surface area contributed by atoms with Crippen LogP contribution in [0, 0.1) is 0 Å². The molecule has 0 heterocycles. The molecule has 0 aliphatic heterocycles. The van der Waals surface area contributed by atoms with Gasteiger partial charge in [-0.15, -0.1) is 11.8 Å². The molecule has 0 aliphatic carbocycles. The zero-order chi connectivity index (χ0) is 12.7. The summed E-state index contributed by atoms with van der Waals surface area (Å²) in [6.45, 7) is 2.93. The highest BCUT2D eigenvalue weighted by molar-refractivity contribution is 8.00. The predicted octanol–water partition coefficient (Wildman–Crippen LogP) is 2.20. The Balaban J connectivity index is 2.71. The van der Waals surface area contributed by atoms with E-state index in [4.69, 9.17) is 15.6 Å². The summed E-state index contributed by atoms with van der Waals surface area (Å²) in [5, 5.41) is 9.57. The van der Waals surface area contributed by atoms with Gasteiger partial charge in [0.2, 0.25) is 0 Å². The topological polar surface area (TPSA) is 55.5 Å². The van der Waals surface area contributed by atoms with Crippen LogP contribution in [0.5, 0.6) is 5.75 Å². The van der Waals surface area contributed by atoms with Crippen LogP contribution in [0.1, 0.15) is 24.2 Å². The van der Waals surface area contributed by atoms with Crippen molar-refractivity contribution in [1.29, 1.82) is 0 Å². The molecular formula is C13H21NO2S. The van der Waals surface area contributed by atoms with Gasteiger partial charge < -0.3 is 15.6 Å². The maximum Gasteiger partial charge on any atom is 0.119 e. The predicted molar refractivity (Wildman–Crippen MR) is 73.5 cm³/mol. The Bertz CT molecular complexity index is 333. The molecule has 0 saturated carbocycles. The summed E-state index contributed by atoms with van der Waals surface area (Å²) < 4.78 is 5.21. The van der Waals surface area contributed by atoms with E-state index in [0.717, 1.165) is 12.2 Å². The number of nitrogens with two attached hydrogens (primary N) is 1. The fourth-order valence-corrected chi connectivity index (χ4v) is 2.86. The van der Waals surface area contributed by atoms with Gasteiger partial charge in [-0.25, -0.2) is 0 Å². The lowest BCUT2D eigenvalue weighted by molar-refractivity contribution is 0.289. The second-order valence-corrected chi connectivity index (χ2v) is 5.61. The molecule has 0 bridgehead atoms. The van der Waals surface area contributed by atoms with Crippen molar-refractivity contribution in [3.8, 4) is 5.75 Å². The maximum atomic E-state index is 8.91. The Kier molecular flexibility index (Phi) is 6.40. The minimum absolute atomic E-state index is 0.226. The molecule has 1 aromatic carbocycles. The average Bonchev–Trinajstić information content (AvgIpc) is 2.36. The van der Waals surface area contributed by atoms with Gasteiger partial charge in [-0.3, -0.25) is 0 Å². The molecule has 96 valence electrons. The van der Waals surface area contributed by atoms with E-state index in [1.54, 1.807) is 18.9 Å². The highest BCUT2D eigenvalue weighted by Gasteiger charge is 2.14. The number of aliphatic hydroxyl groups is 1. The van der Waals surface area contributed by atoms with E-state index in [9.17, 15) is 0 Å². The van der Waals surface area contributed by atoms with Crippen LogP contribution in [0.15, 0.2) is 24.3 Å². The summed E-state index contributed by atoms with van der Waals surface area (Å²) >= 11 is 1.80. The molecule has 2 atom stereocenters. The van der Waals surface area contributed by atoms with E-state index in [0.29, 0.717) is 11.8 Å². The maximum absolute atomic E-state index is 8.91. The van der Waals surface area contributed by atoms with E-state index in [-0.39, 0.29) is 11.9 Å². The Morgan fingerprint density at radius 3 is 2.82 bits per heavy atom. The summed E-state index contributed by atoms with van der Waals surface area (Å²) in [6, 6.07) is 8.00. The van der Waals surface area contributed by atoms with Crippen LogP contribution in [0.3, 0.4) is 0 Å². The van der Waals surface area contributed by atoms with Crippen LogP contribution in [0.4, 0.5) is 0 Å². The first kappa shape index (κ1) is 14.4. The molecule has 17 heavy (non-hydrogen) atoms. The number of methoxy groups -OCH3 is 1. The molecule has 0 radical (unpaired) electrons. The number of ether oxygens (including phenoxy) is 1. The first-order valence-corrected chi connectivity index (χ1v) is 6.75. The van der Waals surface area contributed by atoms with Gasteiger partial charge in [-0.05, 0) is 24.1 Å². The molecule has 1 aromatic rings. The van der Waals surface area contributed by atoms with Gasteiger partial charge in [-0.2, -0.15) is 0 Å². The van der Waals surface area contributed by atoms with Crippen LogP contribution in [0.25, 0.3) is 0 Å². The SMILES string of the molecule is COc1cccc(C(CN)SC(C)CCO)c1. The van der Waals surface area contributed by atoms with E-state index in [2.05, 4.69) is 13.0 Å². The third-order valence-corrected chi connectivity index (χ3v) is 4.11. The minimum atomic E-state index is 0.226. The van der Waals surface area contributed by atoms with Gasteiger partial charge >= 0.3 is 0 Å². The van der Waals surface area contributed by atoms with Crippen molar-refractivity contribution in [1.82, 2.24) is 0 Å².